The highest BCUT2D eigenvalue weighted by Crippen LogP contribution is 3.02. The number of nitrogens with two attached hydrogens (primary N) is 1. The molecule has 0 saturated carbocycles. The third-order valence-corrected chi connectivity index (χ3v) is 3.37. The highest BCUT2D eigenvalue weighted by atomic mass is 32.5. The van der Waals surface area contributed by atoms with Crippen LogP contribution in [0.5, 0.6) is 0 Å². The van der Waals surface area contributed by atoms with Crippen LogP contribution in [0.25, 0.3) is 0 Å². The summed E-state index contributed by atoms with van der Waals surface area (Å²) < 4.78 is 75.1. The van der Waals surface area contributed by atoms with E-state index in [0.717, 1.165) is 0 Å². The smallest absolute Gasteiger partial charge is 0.320 e. The van der Waals surface area contributed by atoms with Gasteiger partial charge in [-0.15, -0.1) is 0 Å². The summed E-state index contributed by atoms with van der Waals surface area (Å²) in [5.74, 6) is -3.07. The predicted molar refractivity (Wildman–Crippen MR) is 57.1 cm³/mol. The Morgan fingerprint density at radius 3 is 2.16 bits per heavy atom. The van der Waals surface area contributed by atoms with Crippen LogP contribution < -0.4 is 5.73 Å². The summed E-state index contributed by atoms with van der Waals surface area (Å²) in [4.78, 5) is 8.03. The van der Waals surface area contributed by atoms with Gasteiger partial charge in [0, 0.05) is 6.42 Å². The van der Waals surface area contributed by atoms with Gasteiger partial charge in [-0.25, -0.2) is 4.39 Å². The van der Waals surface area contributed by atoms with Gasteiger partial charge in [-0.2, -0.15) is 0 Å². The lowest BCUT2D eigenvalue weighted by atomic mass is 10.1. The Hall–Kier alpha value is -1.42. The van der Waals surface area contributed by atoms with Crippen LogP contribution in [0, 0.1) is 5.82 Å². The standard InChI is InChI=1S/C9H9F6NO2S/c10-7-4-6(19(11,12,13,14)15)2-1-5(7)3-8(16)9(17)18/h1-2,4,8H,3,16H2,(H,17,18). The molecule has 1 aromatic carbocycles. The molecule has 3 nitrogen and oxygen atoms in total. The van der Waals surface area contributed by atoms with Crippen molar-refractivity contribution < 1.29 is 33.7 Å². The molecule has 0 fully saturated rings. The van der Waals surface area contributed by atoms with E-state index in [9.17, 15) is 28.6 Å². The molecule has 1 rings (SSSR count). The number of hydrogen-bond donors (Lipinski definition) is 2. The van der Waals surface area contributed by atoms with Crippen LogP contribution in [-0.4, -0.2) is 17.1 Å². The minimum Gasteiger partial charge on any atom is -0.480 e. The van der Waals surface area contributed by atoms with E-state index in [0.29, 0.717) is 6.07 Å². The molecule has 0 aliphatic rings. The topological polar surface area (TPSA) is 63.3 Å². The molecule has 1 atom stereocenters. The molecule has 3 N–H and O–H groups in total. The molecule has 0 heterocycles. The van der Waals surface area contributed by atoms with Crippen molar-refractivity contribution >= 4 is 16.2 Å². The number of hydrogen-bond acceptors (Lipinski definition) is 2. The van der Waals surface area contributed by atoms with Crippen molar-refractivity contribution in [2.45, 2.75) is 17.4 Å². The molecular weight excluding hydrogens is 300 g/mol. The van der Waals surface area contributed by atoms with E-state index in [1.807, 2.05) is 0 Å². The molecule has 0 aromatic heterocycles. The van der Waals surface area contributed by atoms with E-state index in [1.54, 1.807) is 0 Å². The van der Waals surface area contributed by atoms with Crippen molar-refractivity contribution in [3.05, 3.63) is 29.6 Å². The Balaban J connectivity index is 3.17. The van der Waals surface area contributed by atoms with Crippen molar-refractivity contribution in [2.24, 2.45) is 5.73 Å². The van der Waals surface area contributed by atoms with Crippen LogP contribution in [0.3, 0.4) is 0 Å². The maximum atomic E-state index is 13.3. The number of rotatable bonds is 4. The average Bonchev–Trinajstić information content (AvgIpc) is 2.16. The van der Waals surface area contributed by atoms with Gasteiger partial charge in [-0.1, -0.05) is 25.5 Å². The summed E-state index contributed by atoms with van der Waals surface area (Å²) in [6, 6.07) is -1.44. The number of benzene rings is 1. The highest BCUT2D eigenvalue weighted by molar-refractivity contribution is 8.45. The number of carbonyl (C=O) groups is 1. The van der Waals surface area contributed by atoms with Gasteiger partial charge in [-0.3, -0.25) is 4.79 Å². The molecule has 0 saturated heterocycles. The molecule has 1 unspecified atom stereocenters. The second-order valence-corrected chi connectivity index (χ2v) is 6.28. The fourth-order valence-corrected chi connectivity index (χ4v) is 1.91. The van der Waals surface area contributed by atoms with Crippen LogP contribution in [-0.2, 0) is 11.2 Å². The fourth-order valence-electron chi connectivity index (χ4n) is 1.26. The quantitative estimate of drug-likeness (QED) is 0.838. The zero-order valence-electron chi connectivity index (χ0n) is 9.13. The first-order valence-electron chi connectivity index (χ1n) is 4.71. The number of carboxylic acid groups (broad SMARTS) is 1. The van der Waals surface area contributed by atoms with Crippen LogP contribution in [0.15, 0.2) is 23.1 Å². The fraction of sp³-hybridized carbons (Fsp3) is 0.222. The van der Waals surface area contributed by atoms with Gasteiger partial charge in [0.15, 0.2) is 0 Å². The number of carboxylic acids is 1. The Labute approximate surface area is 103 Å². The number of aliphatic carboxylic acids is 1. The van der Waals surface area contributed by atoms with Gasteiger partial charge in [-0.05, 0) is 17.7 Å². The maximum absolute atomic E-state index is 13.3. The van der Waals surface area contributed by atoms with Crippen molar-refractivity contribution in [3.8, 4) is 0 Å². The van der Waals surface area contributed by atoms with Crippen LogP contribution >= 0.6 is 10.2 Å². The van der Waals surface area contributed by atoms with E-state index in [-0.39, 0.29) is 12.1 Å². The van der Waals surface area contributed by atoms with E-state index in [1.165, 1.54) is 0 Å². The minimum atomic E-state index is -9.94. The molecule has 0 aliphatic carbocycles. The molecule has 1 aromatic rings. The SMILES string of the molecule is NC(Cc1ccc(S(F)(F)(F)(F)F)cc1F)C(=O)O. The third kappa shape index (κ3) is 4.03. The summed E-state index contributed by atoms with van der Waals surface area (Å²) in [5, 5.41) is 8.46. The second-order valence-electron chi connectivity index (χ2n) is 3.87. The Kier molecular flexibility index (Phi) is 3.12. The molecule has 0 aliphatic heterocycles. The monoisotopic (exact) mass is 309 g/mol. The summed E-state index contributed by atoms with van der Waals surface area (Å²) in [5.41, 5.74) is 4.58. The van der Waals surface area contributed by atoms with Crippen molar-refractivity contribution in [1.82, 2.24) is 0 Å². The van der Waals surface area contributed by atoms with Gasteiger partial charge in [0.2, 0.25) is 0 Å². The molecule has 10 heteroatoms. The summed E-state index contributed by atoms with van der Waals surface area (Å²) in [6.07, 6.45) is -0.609. The van der Waals surface area contributed by atoms with Crippen molar-refractivity contribution in [1.29, 1.82) is 0 Å². The first-order chi connectivity index (χ1) is 8.20. The molecule has 0 radical (unpaired) electrons. The number of halogens is 6. The molecule has 19 heavy (non-hydrogen) atoms. The first-order valence-corrected chi connectivity index (χ1v) is 6.67. The molecule has 0 bridgehead atoms. The van der Waals surface area contributed by atoms with Gasteiger partial charge in [0.25, 0.3) is 0 Å². The molecule has 0 amide bonds. The molecule has 110 valence electrons. The largest absolute Gasteiger partial charge is 0.480 e. The van der Waals surface area contributed by atoms with Gasteiger partial charge >= 0.3 is 16.2 Å². The van der Waals surface area contributed by atoms with Gasteiger partial charge < -0.3 is 10.8 Å². The van der Waals surface area contributed by atoms with Crippen molar-refractivity contribution in [3.63, 3.8) is 0 Å². The zero-order valence-corrected chi connectivity index (χ0v) is 9.94. The average molecular weight is 309 g/mol. The van der Waals surface area contributed by atoms with Gasteiger partial charge in [0.05, 0.1) is 0 Å². The second kappa shape index (κ2) is 3.79. The van der Waals surface area contributed by atoms with Crippen molar-refractivity contribution in [2.75, 3.05) is 0 Å². The maximum Gasteiger partial charge on any atom is 0.320 e. The first kappa shape index (κ1) is 15.6. The lowest BCUT2D eigenvalue weighted by Gasteiger charge is -2.40. The summed E-state index contributed by atoms with van der Waals surface area (Å²) in [6.45, 7) is 0. The van der Waals surface area contributed by atoms with E-state index in [2.05, 4.69) is 0 Å². The van der Waals surface area contributed by atoms with E-state index in [4.69, 9.17) is 10.8 Å². The van der Waals surface area contributed by atoms with Crippen LogP contribution in [0.1, 0.15) is 5.56 Å². The Morgan fingerprint density at radius 2 is 1.79 bits per heavy atom. The summed E-state index contributed by atoms with van der Waals surface area (Å²) >= 11 is 0. The van der Waals surface area contributed by atoms with E-state index < -0.39 is 44.9 Å². The third-order valence-electron chi connectivity index (χ3n) is 2.23. The normalized spacial score (nSPS) is 17.4. The lowest BCUT2D eigenvalue weighted by molar-refractivity contribution is -0.138. The van der Waals surface area contributed by atoms with Gasteiger partial charge in [0.1, 0.15) is 16.8 Å². The Morgan fingerprint density at radius 1 is 1.26 bits per heavy atom. The van der Waals surface area contributed by atoms with Crippen LogP contribution in [0.2, 0.25) is 0 Å². The van der Waals surface area contributed by atoms with E-state index >= 15 is 0 Å². The minimum absolute atomic E-state index is 0.00847. The van der Waals surface area contributed by atoms with Crippen LogP contribution in [0.4, 0.5) is 23.8 Å². The zero-order chi connectivity index (χ0) is 15.1. The lowest BCUT2D eigenvalue weighted by Crippen LogP contribution is -2.32. The molecule has 0 spiro atoms. The predicted octanol–water partition coefficient (Wildman–Crippen LogP) is 3.44. The highest BCUT2D eigenvalue weighted by Gasteiger charge is 2.65. The molecular formula is C9H9F6NO2S. The Bertz CT molecular complexity index is 529. The summed E-state index contributed by atoms with van der Waals surface area (Å²) in [7, 11) is -9.94.